The highest BCUT2D eigenvalue weighted by atomic mass is 35.5. The lowest BCUT2D eigenvalue weighted by Gasteiger charge is -2.16. The van der Waals surface area contributed by atoms with Gasteiger partial charge in [0.2, 0.25) is 0 Å². The second-order valence-electron chi connectivity index (χ2n) is 4.67. The fourth-order valence-corrected chi connectivity index (χ4v) is 3.24. The maximum Gasteiger partial charge on any atom is 0.269 e. The van der Waals surface area contributed by atoms with Crippen molar-refractivity contribution in [3.63, 3.8) is 0 Å². The molecule has 0 heterocycles. The molecule has 0 saturated heterocycles. The molecule has 6 heteroatoms. The van der Waals surface area contributed by atoms with E-state index in [1.54, 1.807) is 30.3 Å². The van der Waals surface area contributed by atoms with E-state index in [0.717, 1.165) is 5.56 Å². The number of halogens is 2. The highest BCUT2D eigenvalue weighted by Crippen LogP contribution is 2.25. The molecule has 0 amide bonds. The van der Waals surface area contributed by atoms with E-state index in [0.29, 0.717) is 5.56 Å². The Morgan fingerprint density at radius 2 is 1.67 bits per heavy atom. The summed E-state index contributed by atoms with van der Waals surface area (Å²) in [5.74, 6) is 0. The summed E-state index contributed by atoms with van der Waals surface area (Å²) in [4.78, 5) is -0.0970. The number of sulfonamides is 1. The number of hydrogen-bond acceptors (Lipinski definition) is 2. The molecule has 0 bridgehead atoms. The van der Waals surface area contributed by atoms with E-state index < -0.39 is 21.9 Å². The van der Waals surface area contributed by atoms with Crippen molar-refractivity contribution in [3.8, 4) is 0 Å². The Hall–Kier alpha value is -1.43. The molecule has 0 aliphatic rings. The molecule has 0 radical (unpaired) electrons. The van der Waals surface area contributed by atoms with Gasteiger partial charge in [0.1, 0.15) is 0 Å². The topological polar surface area (TPSA) is 37.4 Å². The summed E-state index contributed by atoms with van der Waals surface area (Å²) < 4.78 is 37.9. The molecule has 0 fully saturated rings. The molecule has 2 aromatic rings. The van der Waals surface area contributed by atoms with Gasteiger partial charge in [-0.2, -0.15) is 0 Å². The van der Waals surface area contributed by atoms with Gasteiger partial charge >= 0.3 is 0 Å². The standard InChI is InChI=1S/C15H15ClFNO2S/c1-12-7-9-13(10-8-12)15(16)11-18(17)21(19,20)14-5-3-2-4-6-14/h2-10,15H,11H2,1H3. The highest BCUT2D eigenvalue weighted by molar-refractivity contribution is 7.89. The van der Waals surface area contributed by atoms with Crippen LogP contribution in [0.3, 0.4) is 0 Å². The number of benzene rings is 2. The Morgan fingerprint density at radius 3 is 2.24 bits per heavy atom. The van der Waals surface area contributed by atoms with Gasteiger partial charge in [0.25, 0.3) is 10.0 Å². The zero-order chi connectivity index (χ0) is 15.5. The summed E-state index contributed by atoms with van der Waals surface area (Å²) in [7, 11) is -4.17. The molecule has 21 heavy (non-hydrogen) atoms. The van der Waals surface area contributed by atoms with Crippen LogP contribution in [0.25, 0.3) is 0 Å². The smallest absolute Gasteiger partial charge is 0.205 e. The second kappa shape index (κ2) is 6.56. The molecule has 112 valence electrons. The predicted octanol–water partition coefficient (Wildman–Crippen LogP) is 3.85. The quantitative estimate of drug-likeness (QED) is 0.618. The van der Waals surface area contributed by atoms with Crippen molar-refractivity contribution < 1.29 is 12.9 Å². The van der Waals surface area contributed by atoms with Gasteiger partial charge in [0.05, 0.1) is 16.8 Å². The van der Waals surface area contributed by atoms with Crippen molar-refractivity contribution in [2.24, 2.45) is 0 Å². The fraction of sp³-hybridized carbons (Fsp3) is 0.200. The van der Waals surface area contributed by atoms with E-state index >= 15 is 0 Å². The van der Waals surface area contributed by atoms with Crippen molar-refractivity contribution in [3.05, 3.63) is 65.7 Å². The van der Waals surface area contributed by atoms with E-state index in [1.807, 2.05) is 19.1 Å². The Morgan fingerprint density at radius 1 is 1.10 bits per heavy atom. The molecule has 1 unspecified atom stereocenters. The zero-order valence-corrected chi connectivity index (χ0v) is 13.0. The number of alkyl halides is 1. The lowest BCUT2D eigenvalue weighted by Crippen LogP contribution is -2.26. The van der Waals surface area contributed by atoms with Gasteiger partial charge < -0.3 is 0 Å². The first-order valence-electron chi connectivity index (χ1n) is 6.35. The van der Waals surface area contributed by atoms with Gasteiger partial charge in [-0.05, 0) is 29.1 Å². The van der Waals surface area contributed by atoms with Gasteiger partial charge in [-0.1, -0.05) is 48.0 Å². The minimum absolute atomic E-state index is 0.0970. The minimum atomic E-state index is -4.17. The summed E-state index contributed by atoms with van der Waals surface area (Å²) in [5.41, 5.74) is 1.73. The molecule has 2 aromatic carbocycles. The SMILES string of the molecule is Cc1ccc(C(Cl)CN(F)S(=O)(=O)c2ccccc2)cc1. The third-order valence-electron chi connectivity index (χ3n) is 3.04. The van der Waals surface area contributed by atoms with Crippen LogP contribution in [0.4, 0.5) is 4.48 Å². The average molecular weight is 328 g/mol. The van der Waals surface area contributed by atoms with E-state index in [1.165, 1.54) is 12.1 Å². The number of nitrogens with zero attached hydrogens (tertiary/aromatic N) is 1. The van der Waals surface area contributed by atoms with Crippen molar-refractivity contribution in [1.29, 1.82) is 0 Å². The zero-order valence-electron chi connectivity index (χ0n) is 11.4. The lowest BCUT2D eigenvalue weighted by molar-refractivity contribution is 0.139. The van der Waals surface area contributed by atoms with Crippen molar-refractivity contribution in [2.45, 2.75) is 17.2 Å². The summed E-state index contributed by atoms with van der Waals surface area (Å²) in [6, 6.07) is 14.6. The molecule has 0 saturated carbocycles. The van der Waals surface area contributed by atoms with Gasteiger partial charge in [0.15, 0.2) is 0 Å². The van der Waals surface area contributed by atoms with E-state index in [4.69, 9.17) is 11.6 Å². The third-order valence-corrected chi connectivity index (χ3v) is 4.97. The van der Waals surface area contributed by atoms with E-state index in [9.17, 15) is 12.9 Å². The highest BCUT2D eigenvalue weighted by Gasteiger charge is 2.27. The maximum atomic E-state index is 14.0. The van der Waals surface area contributed by atoms with Crippen LogP contribution < -0.4 is 0 Å². The summed E-state index contributed by atoms with van der Waals surface area (Å²) in [5, 5.41) is -0.755. The van der Waals surface area contributed by atoms with Crippen LogP contribution in [0.15, 0.2) is 59.5 Å². The van der Waals surface area contributed by atoms with Crippen LogP contribution >= 0.6 is 11.6 Å². The molecule has 0 spiro atoms. The minimum Gasteiger partial charge on any atom is -0.205 e. The van der Waals surface area contributed by atoms with E-state index in [-0.39, 0.29) is 9.42 Å². The molecular weight excluding hydrogens is 313 g/mol. The van der Waals surface area contributed by atoms with Gasteiger partial charge in [0, 0.05) is 0 Å². The van der Waals surface area contributed by atoms with Gasteiger partial charge in [-0.3, -0.25) is 0 Å². The third kappa shape index (κ3) is 3.81. The molecular formula is C15H15ClFNO2S. The number of rotatable bonds is 5. The van der Waals surface area contributed by atoms with Crippen LogP contribution in [0.1, 0.15) is 16.5 Å². The van der Waals surface area contributed by atoms with Crippen LogP contribution in [0, 0.1) is 6.92 Å². The first-order chi connectivity index (χ1) is 9.91. The Balaban J connectivity index is 2.14. The number of hydrogen-bond donors (Lipinski definition) is 0. The maximum absolute atomic E-state index is 14.0. The Bertz CT molecular complexity index is 689. The molecule has 1 atom stereocenters. The average Bonchev–Trinajstić information content (AvgIpc) is 2.48. The number of aryl methyl sites for hydroxylation is 1. The Kier molecular flexibility index (Phi) is 4.98. The summed E-state index contributed by atoms with van der Waals surface area (Å²) in [6.07, 6.45) is 0. The van der Waals surface area contributed by atoms with Crippen LogP contribution in [0.5, 0.6) is 0 Å². The fourth-order valence-electron chi connectivity index (χ4n) is 1.81. The van der Waals surface area contributed by atoms with Crippen LogP contribution in [-0.4, -0.2) is 19.5 Å². The predicted molar refractivity (Wildman–Crippen MR) is 81.2 cm³/mol. The monoisotopic (exact) mass is 327 g/mol. The molecule has 2 rings (SSSR count). The molecule has 3 nitrogen and oxygen atoms in total. The largest absolute Gasteiger partial charge is 0.269 e. The molecule has 0 aliphatic carbocycles. The van der Waals surface area contributed by atoms with Gasteiger partial charge in [-0.15, -0.1) is 16.1 Å². The van der Waals surface area contributed by atoms with Crippen LogP contribution in [-0.2, 0) is 10.0 Å². The second-order valence-corrected chi connectivity index (χ2v) is 7.01. The Labute approximate surface area is 129 Å². The first kappa shape index (κ1) is 15.9. The first-order valence-corrected chi connectivity index (χ1v) is 8.23. The molecule has 0 aliphatic heterocycles. The van der Waals surface area contributed by atoms with E-state index in [2.05, 4.69) is 0 Å². The molecule has 0 aromatic heterocycles. The summed E-state index contributed by atoms with van der Waals surface area (Å²) >= 11 is 6.10. The lowest BCUT2D eigenvalue weighted by atomic mass is 10.1. The van der Waals surface area contributed by atoms with Gasteiger partial charge in [-0.25, -0.2) is 8.42 Å². The molecule has 0 N–H and O–H groups in total. The van der Waals surface area contributed by atoms with Crippen LogP contribution in [0.2, 0.25) is 0 Å². The van der Waals surface area contributed by atoms with Crippen molar-refractivity contribution in [1.82, 2.24) is 4.53 Å². The van der Waals surface area contributed by atoms with Crippen molar-refractivity contribution >= 4 is 21.6 Å². The normalized spacial score (nSPS) is 13.3. The summed E-state index contributed by atoms with van der Waals surface area (Å²) in [6.45, 7) is 1.48. The van der Waals surface area contributed by atoms with Crippen molar-refractivity contribution in [2.75, 3.05) is 6.54 Å².